The zero-order chi connectivity index (χ0) is 18.8. The maximum absolute atomic E-state index is 12.7. The molecule has 140 valence electrons. The van der Waals surface area contributed by atoms with Gasteiger partial charge in [0.15, 0.2) is 0 Å². The average molecular weight is 364 g/mol. The van der Waals surface area contributed by atoms with Crippen molar-refractivity contribution in [3.05, 3.63) is 59.4 Å². The summed E-state index contributed by atoms with van der Waals surface area (Å²) in [6.07, 6.45) is 1.98. The minimum atomic E-state index is -0.0448. The minimum absolute atomic E-state index is 0.0448. The van der Waals surface area contributed by atoms with Crippen molar-refractivity contribution in [2.24, 2.45) is 0 Å². The molecule has 27 heavy (non-hydrogen) atoms. The number of furan rings is 1. The van der Waals surface area contributed by atoms with E-state index in [1.54, 1.807) is 6.26 Å². The predicted molar refractivity (Wildman–Crippen MR) is 107 cm³/mol. The molecule has 1 aliphatic heterocycles. The summed E-state index contributed by atoms with van der Waals surface area (Å²) in [5.74, 6) is -0.0448. The number of morpholine rings is 1. The fraction of sp³-hybridized carbons (Fsp3) is 0.318. The van der Waals surface area contributed by atoms with E-state index in [1.807, 2.05) is 30.3 Å². The number of para-hydroxylation sites is 2. The van der Waals surface area contributed by atoms with Gasteiger partial charge in [0.25, 0.3) is 0 Å². The number of nitrogens with zero attached hydrogens (tertiary/aromatic N) is 1. The van der Waals surface area contributed by atoms with Crippen LogP contribution in [0.3, 0.4) is 0 Å². The van der Waals surface area contributed by atoms with Gasteiger partial charge in [-0.05, 0) is 49.2 Å². The Morgan fingerprint density at radius 3 is 2.67 bits per heavy atom. The van der Waals surface area contributed by atoms with E-state index in [4.69, 9.17) is 9.15 Å². The van der Waals surface area contributed by atoms with Gasteiger partial charge in [-0.3, -0.25) is 4.79 Å². The zero-order valence-electron chi connectivity index (χ0n) is 15.7. The van der Waals surface area contributed by atoms with Crippen LogP contribution in [0.2, 0.25) is 0 Å². The van der Waals surface area contributed by atoms with Gasteiger partial charge in [-0.15, -0.1) is 0 Å². The molecule has 4 rings (SSSR count). The largest absolute Gasteiger partial charge is 0.464 e. The SMILES string of the molecule is Cc1cc2occ(CC(=O)Nc3ccccc3N3CCOCC3)c2cc1C. The summed E-state index contributed by atoms with van der Waals surface area (Å²) in [5, 5.41) is 4.08. The molecule has 1 N–H and O–H groups in total. The smallest absolute Gasteiger partial charge is 0.228 e. The number of amides is 1. The van der Waals surface area contributed by atoms with Crippen molar-refractivity contribution in [3.63, 3.8) is 0 Å². The molecule has 5 heteroatoms. The predicted octanol–water partition coefficient (Wildman–Crippen LogP) is 4.07. The zero-order valence-corrected chi connectivity index (χ0v) is 15.7. The number of nitrogens with one attached hydrogen (secondary N) is 1. The molecule has 0 radical (unpaired) electrons. The van der Waals surface area contributed by atoms with Crippen molar-refractivity contribution < 1.29 is 13.9 Å². The number of carbonyl (C=O) groups excluding carboxylic acids is 1. The number of hydrogen-bond donors (Lipinski definition) is 1. The van der Waals surface area contributed by atoms with Gasteiger partial charge in [0.1, 0.15) is 5.58 Å². The molecule has 1 amide bonds. The van der Waals surface area contributed by atoms with E-state index < -0.39 is 0 Å². The Morgan fingerprint density at radius 2 is 1.85 bits per heavy atom. The highest BCUT2D eigenvalue weighted by Crippen LogP contribution is 2.28. The van der Waals surface area contributed by atoms with Crippen LogP contribution in [-0.4, -0.2) is 32.2 Å². The van der Waals surface area contributed by atoms with E-state index in [0.29, 0.717) is 13.2 Å². The first-order valence-corrected chi connectivity index (χ1v) is 9.31. The highest BCUT2D eigenvalue weighted by Gasteiger charge is 2.17. The number of ether oxygens (including phenoxy) is 1. The van der Waals surface area contributed by atoms with Crippen LogP contribution in [0.5, 0.6) is 0 Å². The summed E-state index contributed by atoms with van der Waals surface area (Å²) in [6, 6.07) is 12.1. The van der Waals surface area contributed by atoms with Crippen LogP contribution in [0.15, 0.2) is 47.1 Å². The molecular weight excluding hydrogens is 340 g/mol. The van der Waals surface area contributed by atoms with E-state index in [2.05, 4.69) is 30.1 Å². The lowest BCUT2D eigenvalue weighted by Gasteiger charge is -2.30. The number of rotatable bonds is 4. The Morgan fingerprint density at radius 1 is 1.11 bits per heavy atom. The molecule has 2 aromatic carbocycles. The van der Waals surface area contributed by atoms with E-state index in [0.717, 1.165) is 41.0 Å². The second kappa shape index (κ2) is 7.45. The maximum atomic E-state index is 12.7. The van der Waals surface area contributed by atoms with Gasteiger partial charge in [0.2, 0.25) is 5.91 Å². The summed E-state index contributed by atoms with van der Waals surface area (Å²) in [4.78, 5) is 15.0. The third kappa shape index (κ3) is 3.69. The number of hydrogen-bond acceptors (Lipinski definition) is 4. The average Bonchev–Trinajstić information content (AvgIpc) is 3.04. The molecule has 0 aliphatic carbocycles. The maximum Gasteiger partial charge on any atom is 0.228 e. The van der Waals surface area contributed by atoms with E-state index in [-0.39, 0.29) is 12.3 Å². The van der Waals surface area contributed by atoms with Crippen LogP contribution in [0.1, 0.15) is 16.7 Å². The lowest BCUT2D eigenvalue weighted by molar-refractivity contribution is -0.115. The molecule has 0 bridgehead atoms. The standard InChI is InChI=1S/C22H24N2O3/c1-15-11-18-17(14-27-21(18)12-16(15)2)13-22(25)23-19-5-3-4-6-20(19)24-7-9-26-10-8-24/h3-6,11-12,14H,7-10,13H2,1-2H3,(H,23,25). The number of anilines is 2. The Hall–Kier alpha value is -2.79. The lowest BCUT2D eigenvalue weighted by Crippen LogP contribution is -2.36. The van der Waals surface area contributed by atoms with Crippen LogP contribution in [0.25, 0.3) is 11.0 Å². The van der Waals surface area contributed by atoms with Crippen LogP contribution in [0.4, 0.5) is 11.4 Å². The van der Waals surface area contributed by atoms with E-state index >= 15 is 0 Å². The summed E-state index contributed by atoms with van der Waals surface area (Å²) < 4.78 is 11.1. The topological polar surface area (TPSA) is 54.7 Å². The molecular formula is C22H24N2O3. The molecule has 0 atom stereocenters. The molecule has 0 saturated carbocycles. The first-order valence-electron chi connectivity index (χ1n) is 9.31. The normalized spacial score (nSPS) is 14.5. The highest BCUT2D eigenvalue weighted by atomic mass is 16.5. The Kier molecular flexibility index (Phi) is 4.86. The quantitative estimate of drug-likeness (QED) is 0.758. The summed E-state index contributed by atoms with van der Waals surface area (Å²) in [6.45, 7) is 7.22. The third-order valence-electron chi connectivity index (χ3n) is 5.15. The molecule has 0 unspecified atom stereocenters. The first-order chi connectivity index (χ1) is 13.1. The van der Waals surface area contributed by atoms with Crippen LogP contribution in [0, 0.1) is 13.8 Å². The second-order valence-corrected chi connectivity index (χ2v) is 7.04. The lowest BCUT2D eigenvalue weighted by atomic mass is 10.0. The van der Waals surface area contributed by atoms with E-state index in [1.165, 1.54) is 11.1 Å². The van der Waals surface area contributed by atoms with Gasteiger partial charge in [0.05, 0.1) is 37.3 Å². The summed E-state index contributed by atoms with van der Waals surface area (Å²) >= 11 is 0. The van der Waals surface area contributed by atoms with Crippen molar-refractivity contribution >= 4 is 28.3 Å². The Balaban J connectivity index is 1.53. The molecule has 1 saturated heterocycles. The van der Waals surface area contributed by atoms with Gasteiger partial charge in [-0.2, -0.15) is 0 Å². The molecule has 1 aliphatic rings. The van der Waals surface area contributed by atoms with Crippen molar-refractivity contribution in [1.29, 1.82) is 0 Å². The molecule has 0 spiro atoms. The van der Waals surface area contributed by atoms with Gasteiger partial charge in [0, 0.05) is 24.0 Å². The number of benzene rings is 2. The Labute approximate surface area is 158 Å². The van der Waals surface area contributed by atoms with Gasteiger partial charge in [-0.25, -0.2) is 0 Å². The van der Waals surface area contributed by atoms with Gasteiger partial charge >= 0.3 is 0 Å². The Bertz CT molecular complexity index is 971. The van der Waals surface area contributed by atoms with Gasteiger partial charge in [-0.1, -0.05) is 12.1 Å². The van der Waals surface area contributed by atoms with Crippen molar-refractivity contribution in [2.45, 2.75) is 20.3 Å². The van der Waals surface area contributed by atoms with Crippen LogP contribution in [-0.2, 0) is 16.0 Å². The molecule has 1 aromatic heterocycles. The van der Waals surface area contributed by atoms with Crippen LogP contribution >= 0.6 is 0 Å². The molecule has 3 aromatic rings. The second-order valence-electron chi connectivity index (χ2n) is 7.04. The summed E-state index contributed by atoms with van der Waals surface area (Å²) in [5.41, 5.74) is 6.00. The van der Waals surface area contributed by atoms with Gasteiger partial charge < -0.3 is 19.4 Å². The van der Waals surface area contributed by atoms with Crippen molar-refractivity contribution in [1.82, 2.24) is 0 Å². The minimum Gasteiger partial charge on any atom is -0.464 e. The highest BCUT2D eigenvalue weighted by molar-refractivity contribution is 5.98. The van der Waals surface area contributed by atoms with Crippen molar-refractivity contribution in [3.8, 4) is 0 Å². The monoisotopic (exact) mass is 364 g/mol. The van der Waals surface area contributed by atoms with Crippen LogP contribution < -0.4 is 10.2 Å². The third-order valence-corrected chi connectivity index (χ3v) is 5.15. The first kappa shape index (κ1) is 17.6. The summed E-state index contributed by atoms with van der Waals surface area (Å²) in [7, 11) is 0. The number of fused-ring (bicyclic) bond motifs is 1. The fourth-order valence-corrected chi connectivity index (χ4v) is 3.50. The molecule has 5 nitrogen and oxygen atoms in total. The van der Waals surface area contributed by atoms with Crippen molar-refractivity contribution in [2.75, 3.05) is 36.5 Å². The number of carbonyl (C=O) groups is 1. The number of aryl methyl sites for hydroxylation is 2. The fourth-order valence-electron chi connectivity index (χ4n) is 3.50. The molecule has 1 fully saturated rings. The van der Waals surface area contributed by atoms with E-state index in [9.17, 15) is 4.79 Å². The molecule has 2 heterocycles.